The Bertz CT molecular complexity index is 483. The molecular formula is C22H37ClN2O. The Kier molecular flexibility index (Phi) is 12.4. The van der Waals surface area contributed by atoms with Gasteiger partial charge in [0.05, 0.1) is 0 Å². The molecule has 2 rings (SSSR count). The smallest absolute Gasteiger partial charge is 0.251 e. The van der Waals surface area contributed by atoms with E-state index in [0.29, 0.717) is 0 Å². The molecule has 1 saturated heterocycles. The largest absolute Gasteiger partial charge is 0.348 e. The first-order valence-corrected chi connectivity index (χ1v) is 10.4. The van der Waals surface area contributed by atoms with E-state index in [4.69, 9.17) is 0 Å². The van der Waals surface area contributed by atoms with Crippen LogP contribution in [0.25, 0.3) is 0 Å². The Hall–Kier alpha value is -1.06. The van der Waals surface area contributed by atoms with E-state index in [2.05, 4.69) is 29.7 Å². The predicted octanol–water partition coefficient (Wildman–Crippen LogP) is 5.27. The van der Waals surface area contributed by atoms with Gasteiger partial charge in [-0.15, -0.1) is 12.4 Å². The van der Waals surface area contributed by atoms with Gasteiger partial charge in [0.15, 0.2) is 0 Å². The van der Waals surface area contributed by atoms with Gasteiger partial charge in [-0.2, -0.15) is 0 Å². The first kappa shape index (κ1) is 23.0. The Morgan fingerprint density at radius 1 is 1.04 bits per heavy atom. The number of nitrogens with one attached hydrogen (secondary N) is 2. The molecule has 4 heteroatoms. The number of halogens is 1. The second-order valence-corrected chi connectivity index (χ2v) is 7.44. The number of rotatable bonds is 11. The summed E-state index contributed by atoms with van der Waals surface area (Å²) in [6.07, 6.45) is 14.2. The molecule has 1 heterocycles. The second kappa shape index (κ2) is 14.1. The fraction of sp³-hybridized carbons (Fsp3) is 0.682. The monoisotopic (exact) mass is 380 g/mol. The topological polar surface area (TPSA) is 41.1 Å². The molecule has 0 spiro atoms. The summed E-state index contributed by atoms with van der Waals surface area (Å²) >= 11 is 0. The molecule has 0 bridgehead atoms. The van der Waals surface area contributed by atoms with Crippen molar-refractivity contribution in [2.24, 2.45) is 0 Å². The third kappa shape index (κ3) is 9.05. The molecule has 1 atom stereocenters. The van der Waals surface area contributed by atoms with Crippen LogP contribution in [0.4, 0.5) is 0 Å². The lowest BCUT2D eigenvalue weighted by Crippen LogP contribution is -2.45. The highest BCUT2D eigenvalue weighted by molar-refractivity contribution is 5.94. The van der Waals surface area contributed by atoms with E-state index in [0.717, 1.165) is 37.9 Å². The molecule has 2 N–H and O–H groups in total. The predicted molar refractivity (Wildman–Crippen MR) is 113 cm³/mol. The second-order valence-electron chi connectivity index (χ2n) is 7.44. The normalized spacial score (nSPS) is 16.7. The first-order chi connectivity index (χ1) is 12.3. The van der Waals surface area contributed by atoms with Crippen LogP contribution in [0.2, 0.25) is 0 Å². The number of hydrogen-bond acceptors (Lipinski definition) is 2. The van der Waals surface area contributed by atoms with E-state index >= 15 is 0 Å². The third-order valence-corrected chi connectivity index (χ3v) is 5.17. The van der Waals surface area contributed by atoms with Gasteiger partial charge in [0.2, 0.25) is 0 Å². The minimum atomic E-state index is 0. The Labute approximate surface area is 166 Å². The van der Waals surface area contributed by atoms with Gasteiger partial charge in [0, 0.05) is 18.2 Å². The molecule has 0 aromatic heterocycles. The maximum atomic E-state index is 12.3. The highest BCUT2D eigenvalue weighted by Crippen LogP contribution is 2.12. The third-order valence-electron chi connectivity index (χ3n) is 5.17. The van der Waals surface area contributed by atoms with Crippen LogP contribution in [0, 0.1) is 0 Å². The number of hydrogen-bond donors (Lipinski definition) is 2. The molecule has 3 nitrogen and oxygen atoms in total. The van der Waals surface area contributed by atoms with Crippen LogP contribution in [0.5, 0.6) is 0 Å². The maximum absolute atomic E-state index is 12.3. The van der Waals surface area contributed by atoms with Gasteiger partial charge in [-0.05, 0) is 49.9 Å². The summed E-state index contributed by atoms with van der Waals surface area (Å²) in [6.45, 7) is 4.23. The molecule has 1 aromatic rings. The standard InChI is InChI=1S/C22H36N2O.ClH/c1-2-3-4-5-6-7-8-9-11-19-13-15-20(16-14-19)22(25)24-21-12-10-17-23-18-21;/h13-16,21,23H,2-12,17-18H2,1H3,(H,24,25);1H/t21-;/m0./s1. The summed E-state index contributed by atoms with van der Waals surface area (Å²) in [6, 6.07) is 8.47. The number of aryl methyl sites for hydroxylation is 1. The lowest BCUT2D eigenvalue weighted by atomic mass is 10.0. The van der Waals surface area contributed by atoms with Crippen LogP contribution >= 0.6 is 12.4 Å². The van der Waals surface area contributed by atoms with Gasteiger partial charge in [-0.3, -0.25) is 4.79 Å². The summed E-state index contributed by atoms with van der Waals surface area (Å²) < 4.78 is 0. The van der Waals surface area contributed by atoms with Crippen molar-refractivity contribution in [3.63, 3.8) is 0 Å². The summed E-state index contributed by atoms with van der Waals surface area (Å²) in [5.74, 6) is 0.0623. The summed E-state index contributed by atoms with van der Waals surface area (Å²) in [7, 11) is 0. The van der Waals surface area contributed by atoms with Crippen LogP contribution in [-0.2, 0) is 6.42 Å². The van der Waals surface area contributed by atoms with E-state index in [1.807, 2.05) is 12.1 Å². The number of carbonyl (C=O) groups is 1. The van der Waals surface area contributed by atoms with Gasteiger partial charge in [-0.25, -0.2) is 0 Å². The van der Waals surface area contributed by atoms with E-state index in [9.17, 15) is 4.79 Å². The van der Waals surface area contributed by atoms with Crippen molar-refractivity contribution in [1.29, 1.82) is 0 Å². The maximum Gasteiger partial charge on any atom is 0.251 e. The molecule has 0 unspecified atom stereocenters. The van der Waals surface area contributed by atoms with Crippen molar-refractivity contribution in [3.05, 3.63) is 35.4 Å². The van der Waals surface area contributed by atoms with Crippen LogP contribution < -0.4 is 10.6 Å². The molecule has 0 saturated carbocycles. The molecule has 1 amide bonds. The molecular weight excluding hydrogens is 344 g/mol. The van der Waals surface area contributed by atoms with Crippen molar-refractivity contribution in [1.82, 2.24) is 10.6 Å². The van der Waals surface area contributed by atoms with Crippen molar-refractivity contribution in [2.45, 2.75) is 83.6 Å². The highest BCUT2D eigenvalue weighted by Gasteiger charge is 2.16. The lowest BCUT2D eigenvalue weighted by molar-refractivity contribution is 0.0930. The van der Waals surface area contributed by atoms with Crippen LogP contribution in [-0.4, -0.2) is 25.0 Å². The average molecular weight is 381 g/mol. The van der Waals surface area contributed by atoms with Crippen LogP contribution in [0.15, 0.2) is 24.3 Å². The van der Waals surface area contributed by atoms with Crippen molar-refractivity contribution >= 4 is 18.3 Å². The molecule has 1 aliphatic heterocycles. The summed E-state index contributed by atoms with van der Waals surface area (Å²) in [5, 5.41) is 6.47. The molecule has 148 valence electrons. The zero-order chi connectivity index (χ0) is 17.7. The van der Waals surface area contributed by atoms with Gasteiger partial charge < -0.3 is 10.6 Å². The van der Waals surface area contributed by atoms with Gasteiger partial charge >= 0.3 is 0 Å². The Morgan fingerprint density at radius 3 is 2.31 bits per heavy atom. The van der Waals surface area contributed by atoms with Crippen molar-refractivity contribution in [2.75, 3.05) is 13.1 Å². The molecule has 0 radical (unpaired) electrons. The minimum absolute atomic E-state index is 0. The average Bonchev–Trinajstić information content (AvgIpc) is 2.65. The van der Waals surface area contributed by atoms with Gasteiger partial charge in [0.1, 0.15) is 0 Å². The minimum Gasteiger partial charge on any atom is -0.348 e. The zero-order valence-electron chi connectivity index (χ0n) is 16.4. The van der Waals surface area contributed by atoms with E-state index < -0.39 is 0 Å². The van der Waals surface area contributed by atoms with E-state index in [-0.39, 0.29) is 24.4 Å². The van der Waals surface area contributed by atoms with Gasteiger partial charge in [-0.1, -0.05) is 64.0 Å². The number of benzene rings is 1. The highest BCUT2D eigenvalue weighted by atomic mass is 35.5. The van der Waals surface area contributed by atoms with Gasteiger partial charge in [0.25, 0.3) is 5.91 Å². The molecule has 0 aliphatic carbocycles. The molecule has 1 aromatic carbocycles. The zero-order valence-corrected chi connectivity index (χ0v) is 17.2. The number of amides is 1. The quantitative estimate of drug-likeness (QED) is 0.513. The van der Waals surface area contributed by atoms with Crippen molar-refractivity contribution < 1.29 is 4.79 Å². The molecule has 26 heavy (non-hydrogen) atoms. The lowest BCUT2D eigenvalue weighted by Gasteiger charge is -2.23. The Morgan fingerprint density at radius 2 is 1.69 bits per heavy atom. The number of unbranched alkanes of at least 4 members (excludes halogenated alkanes) is 7. The fourth-order valence-corrected chi connectivity index (χ4v) is 3.53. The SMILES string of the molecule is CCCCCCCCCCc1ccc(C(=O)N[C@H]2CCCNC2)cc1.Cl. The summed E-state index contributed by atoms with van der Waals surface area (Å²) in [5.41, 5.74) is 2.13. The number of piperidine rings is 1. The number of carbonyl (C=O) groups excluding carboxylic acids is 1. The summed E-state index contributed by atoms with van der Waals surface area (Å²) in [4.78, 5) is 12.3. The fourth-order valence-electron chi connectivity index (χ4n) is 3.53. The van der Waals surface area contributed by atoms with Crippen LogP contribution in [0.3, 0.4) is 0 Å². The molecule has 1 aliphatic rings. The van der Waals surface area contributed by atoms with Crippen LogP contribution in [0.1, 0.15) is 87.1 Å². The Balaban J connectivity index is 0.00000338. The van der Waals surface area contributed by atoms with Crippen molar-refractivity contribution in [3.8, 4) is 0 Å². The molecule has 1 fully saturated rings. The first-order valence-electron chi connectivity index (χ1n) is 10.4. The van der Waals surface area contributed by atoms with E-state index in [1.54, 1.807) is 0 Å². The van der Waals surface area contributed by atoms with E-state index in [1.165, 1.54) is 56.9 Å².